The monoisotopic (exact) mass is 248 g/mol. The lowest BCUT2D eigenvalue weighted by molar-refractivity contribution is -0.167. The maximum atomic E-state index is 12.1. The van der Waals surface area contributed by atoms with Crippen LogP contribution in [-0.4, -0.2) is 11.6 Å². The molecule has 100 valence electrons. The molecule has 0 radical (unpaired) electrons. The minimum absolute atomic E-state index is 0.120. The molecular formula is C16H24O2. The molecule has 0 aliphatic rings. The largest absolute Gasteiger partial charge is 0.459 e. The van der Waals surface area contributed by atoms with E-state index >= 15 is 0 Å². The number of carbonyl (C=O) groups is 1. The van der Waals surface area contributed by atoms with Gasteiger partial charge < -0.3 is 4.74 Å². The molecule has 0 aliphatic heterocycles. The minimum Gasteiger partial charge on any atom is -0.459 e. The Balaban J connectivity index is 2.68. The lowest BCUT2D eigenvalue weighted by Crippen LogP contribution is -2.36. The summed E-state index contributed by atoms with van der Waals surface area (Å²) in [6.07, 6.45) is 1.52. The van der Waals surface area contributed by atoms with E-state index in [1.165, 1.54) is 5.56 Å². The van der Waals surface area contributed by atoms with E-state index in [9.17, 15) is 4.79 Å². The number of esters is 1. The van der Waals surface area contributed by atoms with Crippen LogP contribution in [0.3, 0.4) is 0 Å². The SMILES string of the molecule is CCC(C)(C)C(=O)OC(C)(C)Cc1ccccc1. The van der Waals surface area contributed by atoms with Crippen molar-refractivity contribution in [3.8, 4) is 0 Å². The molecule has 0 bridgehead atoms. The van der Waals surface area contributed by atoms with Gasteiger partial charge in [0.05, 0.1) is 5.41 Å². The lowest BCUT2D eigenvalue weighted by Gasteiger charge is -2.30. The summed E-state index contributed by atoms with van der Waals surface area (Å²) in [5.41, 5.74) is 0.309. The van der Waals surface area contributed by atoms with Gasteiger partial charge in [-0.05, 0) is 39.7 Å². The Morgan fingerprint density at radius 3 is 2.17 bits per heavy atom. The second kappa shape index (κ2) is 5.55. The Morgan fingerprint density at radius 1 is 1.11 bits per heavy atom. The molecule has 0 atom stereocenters. The van der Waals surface area contributed by atoms with E-state index in [0.717, 1.165) is 12.8 Å². The maximum Gasteiger partial charge on any atom is 0.312 e. The standard InChI is InChI=1S/C16H24O2/c1-6-15(2,3)14(17)18-16(4,5)12-13-10-8-7-9-11-13/h7-11H,6,12H2,1-5H3. The van der Waals surface area contributed by atoms with Gasteiger partial charge >= 0.3 is 5.97 Å². The van der Waals surface area contributed by atoms with Crippen molar-refractivity contribution in [1.82, 2.24) is 0 Å². The second-order valence-corrected chi connectivity index (χ2v) is 6.05. The summed E-state index contributed by atoms with van der Waals surface area (Å²) >= 11 is 0. The van der Waals surface area contributed by atoms with E-state index in [4.69, 9.17) is 4.74 Å². The first kappa shape index (κ1) is 14.7. The van der Waals surface area contributed by atoms with Gasteiger partial charge in [0.2, 0.25) is 0 Å². The van der Waals surface area contributed by atoms with Crippen molar-refractivity contribution in [3.63, 3.8) is 0 Å². The minimum atomic E-state index is -0.467. The summed E-state index contributed by atoms with van der Waals surface area (Å²) in [7, 11) is 0. The van der Waals surface area contributed by atoms with Crippen molar-refractivity contribution in [2.24, 2.45) is 5.41 Å². The Kier molecular flexibility index (Phi) is 4.55. The maximum absolute atomic E-state index is 12.1. The molecule has 1 aromatic rings. The Hall–Kier alpha value is -1.31. The first-order valence-electron chi connectivity index (χ1n) is 6.54. The van der Waals surface area contributed by atoms with Crippen LogP contribution in [0.1, 0.15) is 46.6 Å². The van der Waals surface area contributed by atoms with Crippen LogP contribution in [0.15, 0.2) is 30.3 Å². The molecule has 0 unspecified atom stereocenters. The fourth-order valence-electron chi connectivity index (χ4n) is 1.66. The predicted octanol–water partition coefficient (Wildman–Crippen LogP) is 3.99. The molecule has 2 heteroatoms. The highest BCUT2D eigenvalue weighted by atomic mass is 16.6. The molecule has 0 aliphatic carbocycles. The molecule has 0 N–H and O–H groups in total. The number of hydrogen-bond donors (Lipinski definition) is 0. The summed E-state index contributed by atoms with van der Waals surface area (Å²) in [6.45, 7) is 9.78. The van der Waals surface area contributed by atoms with E-state index < -0.39 is 11.0 Å². The lowest BCUT2D eigenvalue weighted by atomic mass is 9.90. The molecule has 0 aromatic heterocycles. The van der Waals surface area contributed by atoms with Crippen LogP contribution in [0.25, 0.3) is 0 Å². The van der Waals surface area contributed by atoms with Gasteiger partial charge in [0.1, 0.15) is 5.60 Å². The fraction of sp³-hybridized carbons (Fsp3) is 0.562. The Labute approximate surface area is 110 Å². The third kappa shape index (κ3) is 4.17. The Bertz CT molecular complexity index is 391. The van der Waals surface area contributed by atoms with Gasteiger partial charge in [-0.2, -0.15) is 0 Å². The molecule has 1 aromatic carbocycles. The van der Waals surface area contributed by atoms with Crippen LogP contribution in [0.5, 0.6) is 0 Å². The molecular weight excluding hydrogens is 224 g/mol. The van der Waals surface area contributed by atoms with Gasteiger partial charge in [0.25, 0.3) is 0 Å². The number of hydrogen-bond acceptors (Lipinski definition) is 2. The molecule has 18 heavy (non-hydrogen) atoms. The zero-order chi connectivity index (χ0) is 13.8. The van der Waals surface area contributed by atoms with Crippen LogP contribution in [-0.2, 0) is 16.0 Å². The second-order valence-electron chi connectivity index (χ2n) is 6.05. The molecule has 0 spiro atoms. The number of rotatable bonds is 5. The molecule has 1 rings (SSSR count). The van der Waals surface area contributed by atoms with Crippen molar-refractivity contribution in [1.29, 1.82) is 0 Å². The number of carbonyl (C=O) groups excluding carboxylic acids is 1. The molecule has 0 saturated carbocycles. The zero-order valence-corrected chi connectivity index (χ0v) is 12.1. The normalized spacial score (nSPS) is 12.3. The van der Waals surface area contributed by atoms with Crippen molar-refractivity contribution < 1.29 is 9.53 Å². The van der Waals surface area contributed by atoms with Crippen molar-refractivity contribution in [3.05, 3.63) is 35.9 Å². The van der Waals surface area contributed by atoms with Gasteiger partial charge in [0.15, 0.2) is 0 Å². The zero-order valence-electron chi connectivity index (χ0n) is 12.1. The van der Waals surface area contributed by atoms with E-state index in [2.05, 4.69) is 12.1 Å². The average Bonchev–Trinajstić information content (AvgIpc) is 2.29. The highest BCUT2D eigenvalue weighted by molar-refractivity contribution is 5.76. The Morgan fingerprint density at radius 2 is 1.67 bits per heavy atom. The predicted molar refractivity (Wildman–Crippen MR) is 74.4 cm³/mol. The van der Waals surface area contributed by atoms with Crippen molar-refractivity contribution >= 4 is 5.97 Å². The molecule has 0 heterocycles. The first-order chi connectivity index (χ1) is 8.27. The highest BCUT2D eigenvalue weighted by Gasteiger charge is 2.32. The summed E-state index contributed by atoms with van der Waals surface area (Å²) in [4.78, 5) is 12.1. The third-order valence-electron chi connectivity index (χ3n) is 3.28. The van der Waals surface area contributed by atoms with E-state index in [1.54, 1.807) is 0 Å². The summed E-state index contributed by atoms with van der Waals surface area (Å²) in [5, 5.41) is 0. The smallest absolute Gasteiger partial charge is 0.312 e. The van der Waals surface area contributed by atoms with Gasteiger partial charge in [-0.3, -0.25) is 4.79 Å². The third-order valence-corrected chi connectivity index (χ3v) is 3.28. The van der Waals surface area contributed by atoms with E-state index in [0.29, 0.717) is 0 Å². The van der Waals surface area contributed by atoms with Crippen molar-refractivity contribution in [2.45, 2.75) is 53.1 Å². The average molecular weight is 248 g/mol. The topological polar surface area (TPSA) is 26.3 Å². The highest BCUT2D eigenvalue weighted by Crippen LogP contribution is 2.26. The molecule has 2 nitrogen and oxygen atoms in total. The van der Waals surface area contributed by atoms with Crippen LogP contribution in [0.4, 0.5) is 0 Å². The number of benzene rings is 1. The van der Waals surface area contributed by atoms with Crippen LogP contribution in [0.2, 0.25) is 0 Å². The summed E-state index contributed by atoms with van der Waals surface area (Å²) in [5.74, 6) is -0.120. The molecule has 0 saturated heterocycles. The molecule has 0 amide bonds. The summed E-state index contributed by atoms with van der Waals surface area (Å²) in [6, 6.07) is 10.1. The molecule has 0 fully saturated rings. The van der Waals surface area contributed by atoms with Crippen LogP contribution < -0.4 is 0 Å². The van der Waals surface area contributed by atoms with Crippen molar-refractivity contribution in [2.75, 3.05) is 0 Å². The first-order valence-corrected chi connectivity index (χ1v) is 6.54. The quantitative estimate of drug-likeness (QED) is 0.736. The fourth-order valence-corrected chi connectivity index (χ4v) is 1.66. The van der Waals surface area contributed by atoms with Gasteiger partial charge in [0, 0.05) is 6.42 Å². The van der Waals surface area contributed by atoms with Gasteiger partial charge in [-0.25, -0.2) is 0 Å². The van der Waals surface area contributed by atoms with Gasteiger partial charge in [-0.15, -0.1) is 0 Å². The summed E-state index contributed by atoms with van der Waals surface area (Å²) < 4.78 is 5.66. The van der Waals surface area contributed by atoms with Gasteiger partial charge in [-0.1, -0.05) is 37.3 Å². The van der Waals surface area contributed by atoms with E-state index in [1.807, 2.05) is 52.8 Å². The van der Waals surface area contributed by atoms with Crippen LogP contribution >= 0.6 is 0 Å². The van der Waals surface area contributed by atoms with Crippen LogP contribution in [0, 0.1) is 5.41 Å². The van der Waals surface area contributed by atoms with E-state index in [-0.39, 0.29) is 5.97 Å². The number of ether oxygens (including phenoxy) is 1.